The van der Waals surface area contributed by atoms with Crippen LogP contribution >= 0.6 is 0 Å². The van der Waals surface area contributed by atoms with E-state index in [0.29, 0.717) is 24.0 Å². The Labute approximate surface area is 95.0 Å². The van der Waals surface area contributed by atoms with Gasteiger partial charge in [0.2, 0.25) is 5.89 Å². The first-order valence-corrected chi connectivity index (χ1v) is 6.03. The van der Waals surface area contributed by atoms with Crippen molar-refractivity contribution in [2.45, 2.75) is 57.3 Å². The molecule has 1 aromatic rings. The molecule has 2 atom stereocenters. The molecule has 0 spiro atoms. The van der Waals surface area contributed by atoms with Crippen LogP contribution < -0.4 is 5.73 Å². The number of piperidine rings is 1. The van der Waals surface area contributed by atoms with Crippen LogP contribution in [0.25, 0.3) is 0 Å². The van der Waals surface area contributed by atoms with E-state index in [1.807, 2.05) is 6.92 Å². The number of aryl methyl sites for hydroxylation is 1. The van der Waals surface area contributed by atoms with Crippen molar-refractivity contribution >= 4 is 0 Å². The predicted octanol–water partition coefficient (Wildman–Crippen LogP) is 0.832. The molecule has 5 heteroatoms. The Bertz CT molecular complexity index is 364. The first-order chi connectivity index (χ1) is 7.72. The maximum Gasteiger partial charge on any atom is 0.223 e. The number of fused-ring (bicyclic) bond motifs is 2. The minimum Gasteiger partial charge on any atom is -0.340 e. The van der Waals surface area contributed by atoms with Gasteiger partial charge in [-0.2, -0.15) is 4.98 Å². The van der Waals surface area contributed by atoms with Crippen molar-refractivity contribution in [3.8, 4) is 0 Å². The second kappa shape index (κ2) is 3.82. The van der Waals surface area contributed by atoms with Gasteiger partial charge in [-0.15, -0.1) is 0 Å². The molecule has 2 aliphatic heterocycles. The molecule has 0 radical (unpaired) electrons. The summed E-state index contributed by atoms with van der Waals surface area (Å²) in [6.07, 6.45) is 4.78. The lowest BCUT2D eigenvalue weighted by Crippen LogP contribution is -2.46. The Morgan fingerprint density at radius 3 is 2.62 bits per heavy atom. The molecule has 2 aliphatic rings. The highest BCUT2D eigenvalue weighted by Crippen LogP contribution is 2.35. The van der Waals surface area contributed by atoms with Crippen LogP contribution in [-0.2, 0) is 6.54 Å². The zero-order valence-electron chi connectivity index (χ0n) is 9.59. The summed E-state index contributed by atoms with van der Waals surface area (Å²) in [5.74, 6) is 1.46. The Balaban J connectivity index is 1.72. The van der Waals surface area contributed by atoms with Crippen LogP contribution in [0.3, 0.4) is 0 Å². The monoisotopic (exact) mass is 222 g/mol. The highest BCUT2D eigenvalue weighted by molar-refractivity contribution is 4.98. The Morgan fingerprint density at radius 2 is 2.06 bits per heavy atom. The minimum absolute atomic E-state index is 0.390. The van der Waals surface area contributed by atoms with Crippen LogP contribution in [0, 0.1) is 6.92 Å². The fourth-order valence-electron chi connectivity index (χ4n) is 3.14. The molecule has 2 saturated heterocycles. The summed E-state index contributed by atoms with van der Waals surface area (Å²) in [6, 6.07) is 1.65. The van der Waals surface area contributed by atoms with Crippen molar-refractivity contribution in [3.05, 3.63) is 11.7 Å². The molecule has 16 heavy (non-hydrogen) atoms. The van der Waals surface area contributed by atoms with Crippen molar-refractivity contribution in [1.29, 1.82) is 0 Å². The molecular formula is C11H18N4O. The molecule has 0 amide bonds. The van der Waals surface area contributed by atoms with Gasteiger partial charge in [-0.1, -0.05) is 5.16 Å². The van der Waals surface area contributed by atoms with Crippen molar-refractivity contribution in [2.24, 2.45) is 5.73 Å². The van der Waals surface area contributed by atoms with Gasteiger partial charge in [0.05, 0.1) is 6.54 Å². The average molecular weight is 222 g/mol. The Kier molecular flexibility index (Phi) is 2.44. The van der Waals surface area contributed by atoms with Crippen molar-refractivity contribution < 1.29 is 4.52 Å². The average Bonchev–Trinajstić information content (AvgIpc) is 2.72. The summed E-state index contributed by atoms with van der Waals surface area (Å²) >= 11 is 0. The van der Waals surface area contributed by atoms with Gasteiger partial charge < -0.3 is 10.3 Å². The van der Waals surface area contributed by atoms with Gasteiger partial charge in [-0.05, 0) is 25.7 Å². The van der Waals surface area contributed by atoms with E-state index < -0.39 is 0 Å². The van der Waals surface area contributed by atoms with Crippen LogP contribution in [0.5, 0.6) is 0 Å². The molecule has 88 valence electrons. The van der Waals surface area contributed by atoms with Crippen LogP contribution in [0.4, 0.5) is 0 Å². The van der Waals surface area contributed by atoms with E-state index in [4.69, 9.17) is 10.3 Å². The van der Waals surface area contributed by atoms with Crippen LogP contribution in [0.2, 0.25) is 0 Å². The van der Waals surface area contributed by atoms with E-state index in [2.05, 4.69) is 15.0 Å². The summed E-state index contributed by atoms with van der Waals surface area (Å²) in [4.78, 5) is 6.78. The number of hydrogen-bond acceptors (Lipinski definition) is 5. The number of rotatable bonds is 2. The third-order valence-corrected chi connectivity index (χ3v) is 3.81. The van der Waals surface area contributed by atoms with Gasteiger partial charge in [0.15, 0.2) is 5.82 Å². The molecule has 0 aromatic carbocycles. The molecule has 2 bridgehead atoms. The van der Waals surface area contributed by atoms with E-state index in [0.717, 1.165) is 25.2 Å². The van der Waals surface area contributed by atoms with Gasteiger partial charge in [0.25, 0.3) is 0 Å². The summed E-state index contributed by atoms with van der Waals surface area (Å²) in [6.45, 7) is 2.65. The summed E-state index contributed by atoms with van der Waals surface area (Å²) in [7, 11) is 0. The molecule has 2 N–H and O–H groups in total. The van der Waals surface area contributed by atoms with E-state index in [9.17, 15) is 0 Å². The van der Waals surface area contributed by atoms with Crippen LogP contribution in [0.1, 0.15) is 37.4 Å². The normalized spacial score (nSPS) is 34.5. The summed E-state index contributed by atoms with van der Waals surface area (Å²) < 4.78 is 5.01. The molecule has 5 nitrogen and oxygen atoms in total. The molecular weight excluding hydrogens is 204 g/mol. The topological polar surface area (TPSA) is 68.2 Å². The van der Waals surface area contributed by atoms with E-state index in [1.54, 1.807) is 0 Å². The van der Waals surface area contributed by atoms with Crippen LogP contribution in [0.15, 0.2) is 4.52 Å². The smallest absolute Gasteiger partial charge is 0.223 e. The fourth-order valence-corrected chi connectivity index (χ4v) is 3.14. The third kappa shape index (κ3) is 1.74. The first-order valence-electron chi connectivity index (χ1n) is 6.03. The van der Waals surface area contributed by atoms with Gasteiger partial charge in [0, 0.05) is 25.0 Å². The Morgan fingerprint density at radius 1 is 1.38 bits per heavy atom. The molecule has 0 saturated carbocycles. The molecule has 3 rings (SSSR count). The second-order valence-corrected chi connectivity index (χ2v) is 5.02. The maximum atomic E-state index is 6.04. The van der Waals surface area contributed by atoms with Crippen LogP contribution in [-0.4, -0.2) is 33.2 Å². The number of hydrogen-bond donors (Lipinski definition) is 1. The van der Waals surface area contributed by atoms with Gasteiger partial charge in [-0.3, -0.25) is 4.90 Å². The SMILES string of the molecule is Cc1nc(CN2C3CCC2CC(N)C3)no1. The van der Waals surface area contributed by atoms with E-state index in [-0.39, 0.29) is 0 Å². The van der Waals surface area contributed by atoms with Gasteiger partial charge in [-0.25, -0.2) is 0 Å². The lowest BCUT2D eigenvalue weighted by molar-refractivity contribution is 0.115. The standard InChI is InChI=1S/C11H18N4O/c1-7-13-11(14-16-7)6-15-9-2-3-10(15)5-8(12)4-9/h8-10H,2-6,12H2,1H3. The molecule has 0 aliphatic carbocycles. The van der Waals surface area contributed by atoms with Crippen molar-refractivity contribution in [2.75, 3.05) is 0 Å². The molecule has 3 heterocycles. The lowest BCUT2D eigenvalue weighted by Gasteiger charge is -2.36. The summed E-state index contributed by atoms with van der Waals surface area (Å²) in [5.41, 5.74) is 6.04. The van der Waals surface area contributed by atoms with Gasteiger partial charge in [0.1, 0.15) is 0 Å². The van der Waals surface area contributed by atoms with E-state index >= 15 is 0 Å². The largest absolute Gasteiger partial charge is 0.340 e. The minimum atomic E-state index is 0.390. The highest BCUT2D eigenvalue weighted by atomic mass is 16.5. The molecule has 1 aromatic heterocycles. The predicted molar refractivity (Wildman–Crippen MR) is 58.6 cm³/mol. The Hall–Kier alpha value is -0.940. The zero-order chi connectivity index (χ0) is 11.1. The lowest BCUT2D eigenvalue weighted by atomic mass is 9.98. The first kappa shape index (κ1) is 10.2. The highest BCUT2D eigenvalue weighted by Gasteiger charge is 2.39. The molecule has 2 fully saturated rings. The quantitative estimate of drug-likeness (QED) is 0.802. The summed E-state index contributed by atoms with van der Waals surface area (Å²) in [5, 5.41) is 3.97. The number of nitrogens with zero attached hydrogens (tertiary/aromatic N) is 3. The maximum absolute atomic E-state index is 6.04. The van der Waals surface area contributed by atoms with Crippen molar-refractivity contribution in [1.82, 2.24) is 15.0 Å². The van der Waals surface area contributed by atoms with Gasteiger partial charge >= 0.3 is 0 Å². The molecule has 2 unspecified atom stereocenters. The third-order valence-electron chi connectivity index (χ3n) is 3.81. The van der Waals surface area contributed by atoms with Crippen molar-refractivity contribution in [3.63, 3.8) is 0 Å². The zero-order valence-corrected chi connectivity index (χ0v) is 9.59. The van der Waals surface area contributed by atoms with E-state index in [1.165, 1.54) is 12.8 Å². The second-order valence-electron chi connectivity index (χ2n) is 5.02. The number of nitrogens with two attached hydrogens (primary N) is 1. The fraction of sp³-hybridized carbons (Fsp3) is 0.818. The number of aromatic nitrogens is 2.